The third-order valence-corrected chi connectivity index (χ3v) is 3.18. The molecule has 0 radical (unpaired) electrons. The molecular weight excluding hydrogens is 294 g/mol. The first kappa shape index (κ1) is 19.0. The van der Waals surface area contributed by atoms with E-state index in [1.165, 1.54) is 12.7 Å². The zero-order valence-electron chi connectivity index (χ0n) is 14.6. The Morgan fingerprint density at radius 3 is 2.17 bits per heavy atom. The number of esters is 1. The summed E-state index contributed by atoms with van der Waals surface area (Å²) in [5.41, 5.74) is 1.59. The van der Waals surface area contributed by atoms with Crippen molar-refractivity contribution in [2.75, 3.05) is 7.11 Å². The number of hydrogen-bond acceptors (Lipinski definition) is 4. The second kappa shape index (κ2) is 8.56. The molecule has 1 atom stereocenters. The number of carbonyl (C=O) groups is 2. The van der Waals surface area contributed by atoms with Crippen LogP contribution in [0.4, 0.5) is 4.79 Å². The molecule has 0 aromatic heterocycles. The van der Waals surface area contributed by atoms with Gasteiger partial charge in [0, 0.05) is 6.42 Å². The Hall–Kier alpha value is -2.04. The van der Waals surface area contributed by atoms with Crippen molar-refractivity contribution in [3.05, 3.63) is 35.4 Å². The topological polar surface area (TPSA) is 64.6 Å². The fourth-order valence-corrected chi connectivity index (χ4v) is 2.15. The molecule has 0 bridgehead atoms. The van der Waals surface area contributed by atoms with Crippen molar-refractivity contribution in [3.63, 3.8) is 0 Å². The minimum absolute atomic E-state index is 0.359. The Bertz CT molecular complexity index is 517. The maximum atomic E-state index is 11.9. The lowest BCUT2D eigenvalue weighted by atomic mass is 10.0. The SMILES string of the molecule is CCCc1ccc(C[C@H](NC(=O)OC(C)(C)C)C(=O)OC)cc1. The molecule has 1 N–H and O–H groups in total. The number of rotatable bonds is 6. The number of ether oxygens (including phenoxy) is 2. The van der Waals surface area contributed by atoms with E-state index in [1.54, 1.807) is 20.8 Å². The van der Waals surface area contributed by atoms with E-state index in [-0.39, 0.29) is 0 Å². The zero-order valence-corrected chi connectivity index (χ0v) is 14.6. The van der Waals surface area contributed by atoms with Crippen LogP contribution in [-0.4, -0.2) is 30.8 Å². The van der Waals surface area contributed by atoms with Crippen molar-refractivity contribution in [3.8, 4) is 0 Å². The van der Waals surface area contributed by atoms with Gasteiger partial charge in [0.1, 0.15) is 11.6 Å². The maximum Gasteiger partial charge on any atom is 0.408 e. The number of alkyl carbamates (subject to hydrolysis) is 1. The Labute approximate surface area is 138 Å². The van der Waals surface area contributed by atoms with Crippen LogP contribution in [0.15, 0.2) is 24.3 Å². The molecular formula is C18H27NO4. The quantitative estimate of drug-likeness (QED) is 0.817. The molecule has 23 heavy (non-hydrogen) atoms. The second-order valence-corrected chi connectivity index (χ2v) is 6.49. The van der Waals surface area contributed by atoms with Gasteiger partial charge in [-0.15, -0.1) is 0 Å². The van der Waals surface area contributed by atoms with Gasteiger partial charge >= 0.3 is 12.1 Å². The van der Waals surface area contributed by atoms with Crippen LogP contribution in [0.3, 0.4) is 0 Å². The molecule has 1 amide bonds. The summed E-state index contributed by atoms with van der Waals surface area (Å²) in [4.78, 5) is 23.8. The van der Waals surface area contributed by atoms with Crippen molar-refractivity contribution >= 4 is 12.1 Å². The first-order chi connectivity index (χ1) is 10.7. The second-order valence-electron chi connectivity index (χ2n) is 6.49. The maximum absolute atomic E-state index is 11.9. The Morgan fingerprint density at radius 1 is 1.13 bits per heavy atom. The van der Waals surface area contributed by atoms with Gasteiger partial charge in [0.05, 0.1) is 7.11 Å². The van der Waals surface area contributed by atoms with Gasteiger partial charge in [0.25, 0.3) is 0 Å². The van der Waals surface area contributed by atoms with Crippen LogP contribution in [0.2, 0.25) is 0 Å². The lowest BCUT2D eigenvalue weighted by molar-refractivity contribution is -0.143. The zero-order chi connectivity index (χ0) is 17.5. The van der Waals surface area contributed by atoms with Crippen molar-refractivity contribution in [1.82, 2.24) is 5.32 Å². The molecule has 0 saturated carbocycles. The summed E-state index contributed by atoms with van der Waals surface area (Å²) in [6.07, 6.45) is 1.84. The fourth-order valence-electron chi connectivity index (χ4n) is 2.15. The number of hydrogen-bond donors (Lipinski definition) is 1. The van der Waals surface area contributed by atoms with Crippen molar-refractivity contribution in [2.45, 2.75) is 58.6 Å². The van der Waals surface area contributed by atoms with Crippen LogP contribution >= 0.6 is 0 Å². The third kappa shape index (κ3) is 7.17. The van der Waals surface area contributed by atoms with Crippen molar-refractivity contribution in [2.24, 2.45) is 0 Å². The van der Waals surface area contributed by atoms with E-state index in [1.807, 2.05) is 24.3 Å². The van der Waals surface area contributed by atoms with E-state index in [9.17, 15) is 9.59 Å². The molecule has 0 unspecified atom stereocenters. The molecule has 0 saturated heterocycles. The van der Waals surface area contributed by atoms with E-state index in [0.29, 0.717) is 6.42 Å². The minimum Gasteiger partial charge on any atom is -0.467 e. The van der Waals surface area contributed by atoms with Crippen LogP contribution in [0, 0.1) is 0 Å². The molecule has 1 aromatic rings. The molecule has 5 nitrogen and oxygen atoms in total. The summed E-state index contributed by atoms with van der Waals surface area (Å²) in [5, 5.41) is 2.58. The summed E-state index contributed by atoms with van der Waals surface area (Å²) in [6, 6.07) is 7.25. The van der Waals surface area contributed by atoms with Gasteiger partial charge in [0.2, 0.25) is 0 Å². The number of aryl methyl sites for hydroxylation is 1. The molecule has 1 aromatic carbocycles. The van der Waals surface area contributed by atoms with Gasteiger partial charge < -0.3 is 14.8 Å². The number of benzene rings is 1. The average molecular weight is 321 g/mol. The predicted octanol–water partition coefficient (Wildman–Crippen LogP) is 3.25. The van der Waals surface area contributed by atoms with Gasteiger partial charge in [-0.25, -0.2) is 9.59 Å². The molecule has 0 fully saturated rings. The van der Waals surface area contributed by atoms with Crippen LogP contribution in [0.5, 0.6) is 0 Å². The van der Waals surface area contributed by atoms with Crippen LogP contribution < -0.4 is 5.32 Å². The number of methoxy groups -OCH3 is 1. The van der Waals surface area contributed by atoms with E-state index in [2.05, 4.69) is 12.2 Å². The fraction of sp³-hybridized carbons (Fsp3) is 0.556. The van der Waals surface area contributed by atoms with Crippen LogP contribution in [0.1, 0.15) is 45.2 Å². The van der Waals surface area contributed by atoms with E-state index >= 15 is 0 Å². The standard InChI is InChI=1S/C18H27NO4/c1-6-7-13-8-10-14(11-9-13)12-15(16(20)22-5)19-17(21)23-18(2,3)4/h8-11,15H,6-7,12H2,1-5H3,(H,19,21)/t15-/m0/s1. The lowest BCUT2D eigenvalue weighted by Crippen LogP contribution is -2.45. The van der Waals surface area contributed by atoms with Crippen molar-refractivity contribution < 1.29 is 19.1 Å². The Balaban J connectivity index is 2.74. The molecule has 0 aliphatic heterocycles. The summed E-state index contributed by atoms with van der Waals surface area (Å²) < 4.78 is 9.96. The Kier molecular flexibility index (Phi) is 7.07. The van der Waals surface area contributed by atoms with Gasteiger partial charge in [-0.2, -0.15) is 0 Å². The number of amides is 1. The van der Waals surface area contributed by atoms with Crippen LogP contribution in [0.25, 0.3) is 0 Å². The molecule has 1 rings (SSSR count). The first-order valence-electron chi connectivity index (χ1n) is 7.90. The third-order valence-electron chi connectivity index (χ3n) is 3.18. The summed E-state index contributed by atoms with van der Waals surface area (Å²) in [5.74, 6) is -0.492. The lowest BCUT2D eigenvalue weighted by Gasteiger charge is -2.22. The highest BCUT2D eigenvalue weighted by molar-refractivity contribution is 5.81. The smallest absolute Gasteiger partial charge is 0.408 e. The van der Waals surface area contributed by atoms with E-state index in [0.717, 1.165) is 18.4 Å². The minimum atomic E-state index is -0.771. The normalized spacial score (nSPS) is 12.4. The van der Waals surface area contributed by atoms with Crippen LogP contribution in [-0.2, 0) is 27.1 Å². The predicted molar refractivity (Wildman–Crippen MR) is 89.3 cm³/mol. The summed E-state index contributed by atoms with van der Waals surface area (Å²) >= 11 is 0. The highest BCUT2D eigenvalue weighted by Crippen LogP contribution is 2.11. The van der Waals surface area contributed by atoms with E-state index < -0.39 is 23.7 Å². The molecule has 0 heterocycles. The van der Waals surface area contributed by atoms with Crippen molar-refractivity contribution in [1.29, 1.82) is 0 Å². The van der Waals surface area contributed by atoms with Gasteiger partial charge in [-0.1, -0.05) is 37.6 Å². The highest BCUT2D eigenvalue weighted by Gasteiger charge is 2.25. The molecule has 0 aliphatic rings. The molecule has 128 valence electrons. The highest BCUT2D eigenvalue weighted by atomic mass is 16.6. The van der Waals surface area contributed by atoms with Gasteiger partial charge in [-0.3, -0.25) is 0 Å². The average Bonchev–Trinajstić information content (AvgIpc) is 2.46. The van der Waals surface area contributed by atoms with E-state index in [4.69, 9.17) is 9.47 Å². The summed E-state index contributed by atoms with van der Waals surface area (Å²) in [6.45, 7) is 7.44. The Morgan fingerprint density at radius 2 is 1.70 bits per heavy atom. The number of carbonyl (C=O) groups excluding carboxylic acids is 2. The first-order valence-corrected chi connectivity index (χ1v) is 7.90. The largest absolute Gasteiger partial charge is 0.467 e. The van der Waals surface area contributed by atoms with Gasteiger partial charge in [0.15, 0.2) is 0 Å². The van der Waals surface area contributed by atoms with Gasteiger partial charge in [-0.05, 0) is 38.3 Å². The molecule has 5 heteroatoms. The molecule has 0 spiro atoms. The monoisotopic (exact) mass is 321 g/mol. The number of nitrogens with one attached hydrogen (secondary N) is 1. The summed E-state index contributed by atoms with van der Waals surface area (Å²) in [7, 11) is 1.30. The molecule has 0 aliphatic carbocycles.